The quantitative estimate of drug-likeness (QED) is 0.772. The lowest BCUT2D eigenvalue weighted by Gasteiger charge is -2.24. The average molecular weight is 319 g/mol. The zero-order valence-electron chi connectivity index (χ0n) is 11.0. The second-order valence-corrected chi connectivity index (χ2v) is 4.57. The number of rotatable bonds is 3. The number of benzene rings is 1. The van der Waals surface area contributed by atoms with E-state index >= 15 is 0 Å². The van der Waals surface area contributed by atoms with E-state index in [2.05, 4.69) is 5.32 Å². The minimum absolute atomic E-state index is 0.466. The van der Waals surface area contributed by atoms with Crippen molar-refractivity contribution >= 4 is 5.69 Å². The van der Waals surface area contributed by atoms with Crippen molar-refractivity contribution in [3.63, 3.8) is 0 Å². The van der Waals surface area contributed by atoms with Gasteiger partial charge in [-0.05, 0) is 12.1 Å². The van der Waals surface area contributed by atoms with Crippen LogP contribution in [0.15, 0.2) is 66.0 Å². The molecule has 1 N–H and O–H groups in total. The second kappa shape index (κ2) is 5.90. The molecule has 7 heteroatoms. The van der Waals surface area contributed by atoms with E-state index in [-0.39, 0.29) is 0 Å². The zero-order chi connectivity index (χ0) is 16.4. The molecule has 1 aromatic carbocycles. The molecule has 0 aliphatic heterocycles. The molecule has 0 heterocycles. The van der Waals surface area contributed by atoms with Crippen molar-refractivity contribution in [3.8, 4) is 0 Å². The molecule has 1 aromatic rings. The van der Waals surface area contributed by atoms with Gasteiger partial charge in [-0.15, -0.1) is 0 Å². The van der Waals surface area contributed by atoms with Crippen molar-refractivity contribution in [2.45, 2.75) is 18.1 Å². The maximum absolute atomic E-state index is 13.8. The largest absolute Gasteiger partial charge is 0.460 e. The molecule has 0 saturated carbocycles. The van der Waals surface area contributed by atoms with Gasteiger partial charge in [0, 0.05) is 11.3 Å². The van der Waals surface area contributed by atoms with E-state index in [1.54, 1.807) is 30.3 Å². The number of allylic oxidation sites excluding steroid dienone is 3. The van der Waals surface area contributed by atoms with Gasteiger partial charge in [0.2, 0.25) is 0 Å². The Bertz CT molecular complexity index is 613. The van der Waals surface area contributed by atoms with Gasteiger partial charge in [-0.3, -0.25) is 0 Å². The van der Waals surface area contributed by atoms with Gasteiger partial charge in [0.05, 0.1) is 6.04 Å². The maximum atomic E-state index is 13.8. The predicted molar refractivity (Wildman–Crippen MR) is 71.3 cm³/mol. The van der Waals surface area contributed by atoms with Crippen molar-refractivity contribution in [1.29, 1.82) is 0 Å². The molecular formula is C15H11F6N. The summed E-state index contributed by atoms with van der Waals surface area (Å²) >= 11 is 0. The molecule has 2 rings (SSSR count). The van der Waals surface area contributed by atoms with Crippen molar-refractivity contribution in [1.82, 2.24) is 0 Å². The first-order valence-corrected chi connectivity index (χ1v) is 6.24. The molecule has 1 atom stereocenters. The summed E-state index contributed by atoms with van der Waals surface area (Å²) in [6.45, 7) is 0. The lowest BCUT2D eigenvalue weighted by atomic mass is 9.98. The first kappa shape index (κ1) is 16.2. The van der Waals surface area contributed by atoms with Crippen LogP contribution in [0.3, 0.4) is 0 Å². The minimum Gasteiger partial charge on any atom is -0.375 e. The Balaban J connectivity index is 2.36. The van der Waals surface area contributed by atoms with Crippen LogP contribution in [0.25, 0.3) is 0 Å². The van der Waals surface area contributed by atoms with Crippen molar-refractivity contribution in [2.75, 3.05) is 5.32 Å². The average Bonchev–Trinajstić information content (AvgIpc) is 2.47. The van der Waals surface area contributed by atoms with Gasteiger partial charge in [-0.2, -0.15) is 22.0 Å². The molecule has 1 unspecified atom stereocenters. The van der Waals surface area contributed by atoms with Gasteiger partial charge >= 0.3 is 12.1 Å². The van der Waals surface area contributed by atoms with Crippen LogP contribution in [-0.2, 0) is 0 Å². The summed E-state index contributed by atoms with van der Waals surface area (Å²) in [6.07, 6.45) is -1.16. The minimum atomic E-state index is -5.99. The molecule has 0 amide bonds. The highest BCUT2D eigenvalue weighted by atomic mass is 19.4. The maximum Gasteiger partial charge on any atom is 0.460 e. The smallest absolute Gasteiger partial charge is 0.375 e. The SMILES string of the molecule is FC(=C1C=CC=CC1Nc1ccccc1)C(F)(F)C(F)(F)F. The van der Waals surface area contributed by atoms with Crippen LogP contribution in [0.2, 0.25) is 0 Å². The summed E-state index contributed by atoms with van der Waals surface area (Å²) in [5, 5.41) is 2.70. The predicted octanol–water partition coefficient (Wildman–Crippen LogP) is 5.01. The molecule has 0 radical (unpaired) electrons. The van der Waals surface area contributed by atoms with Crippen LogP contribution in [0, 0.1) is 0 Å². The molecule has 1 nitrogen and oxygen atoms in total. The summed E-state index contributed by atoms with van der Waals surface area (Å²) in [4.78, 5) is 0. The van der Waals surface area contributed by atoms with Crippen LogP contribution in [0.1, 0.15) is 0 Å². The Labute approximate surface area is 122 Å². The Morgan fingerprint density at radius 1 is 0.955 bits per heavy atom. The standard InChI is InChI=1S/C15H11F6N/c16-13(14(17,18)15(19,20)21)11-8-4-5-9-12(11)22-10-6-2-1-3-7-10/h1-9,12,22H. The Kier molecular flexibility index (Phi) is 4.35. The van der Waals surface area contributed by atoms with E-state index in [9.17, 15) is 26.3 Å². The van der Waals surface area contributed by atoms with Crippen LogP contribution in [0.4, 0.5) is 32.0 Å². The highest BCUT2D eigenvalue weighted by Gasteiger charge is 2.62. The van der Waals surface area contributed by atoms with Crippen LogP contribution >= 0.6 is 0 Å². The van der Waals surface area contributed by atoms with E-state index in [1.165, 1.54) is 18.2 Å². The molecular weight excluding hydrogens is 308 g/mol. The Hall–Kier alpha value is -2.18. The number of halogens is 6. The normalized spacial score (nSPS) is 20.9. The Morgan fingerprint density at radius 2 is 1.59 bits per heavy atom. The third-order valence-electron chi connectivity index (χ3n) is 3.01. The second-order valence-electron chi connectivity index (χ2n) is 4.57. The van der Waals surface area contributed by atoms with E-state index in [0.29, 0.717) is 5.69 Å². The van der Waals surface area contributed by atoms with Gasteiger partial charge in [-0.25, -0.2) is 4.39 Å². The van der Waals surface area contributed by atoms with Gasteiger partial charge < -0.3 is 5.32 Å². The summed E-state index contributed by atoms with van der Waals surface area (Å²) in [7, 11) is 0. The fraction of sp³-hybridized carbons (Fsp3) is 0.200. The summed E-state index contributed by atoms with van der Waals surface area (Å²) in [5.74, 6) is -8.04. The number of anilines is 1. The zero-order valence-corrected chi connectivity index (χ0v) is 11.0. The number of para-hydroxylation sites is 1. The molecule has 1 aliphatic rings. The third kappa shape index (κ3) is 3.18. The van der Waals surface area contributed by atoms with Crippen LogP contribution < -0.4 is 5.32 Å². The third-order valence-corrected chi connectivity index (χ3v) is 3.01. The van der Waals surface area contributed by atoms with E-state index in [4.69, 9.17) is 0 Å². The molecule has 22 heavy (non-hydrogen) atoms. The number of alkyl halides is 5. The summed E-state index contributed by atoms with van der Waals surface area (Å²) < 4.78 is 77.1. The lowest BCUT2D eigenvalue weighted by Crippen LogP contribution is -2.39. The van der Waals surface area contributed by atoms with Gasteiger partial charge in [0.15, 0.2) is 5.83 Å². The van der Waals surface area contributed by atoms with Crippen molar-refractivity contribution in [2.24, 2.45) is 0 Å². The summed E-state index contributed by atoms with van der Waals surface area (Å²) in [6, 6.07) is 7.05. The molecule has 0 spiro atoms. The molecule has 0 aromatic heterocycles. The Morgan fingerprint density at radius 3 is 2.18 bits per heavy atom. The van der Waals surface area contributed by atoms with Crippen LogP contribution in [-0.4, -0.2) is 18.1 Å². The first-order chi connectivity index (χ1) is 10.2. The highest BCUT2D eigenvalue weighted by Crippen LogP contribution is 2.44. The fourth-order valence-electron chi connectivity index (χ4n) is 1.90. The fourth-order valence-corrected chi connectivity index (χ4v) is 1.90. The number of nitrogens with one attached hydrogen (secondary N) is 1. The lowest BCUT2D eigenvalue weighted by molar-refractivity contribution is -0.270. The molecule has 0 fully saturated rings. The van der Waals surface area contributed by atoms with Crippen molar-refractivity contribution < 1.29 is 26.3 Å². The topological polar surface area (TPSA) is 12.0 Å². The van der Waals surface area contributed by atoms with E-state index in [1.807, 2.05) is 0 Å². The number of hydrogen-bond acceptors (Lipinski definition) is 1. The van der Waals surface area contributed by atoms with Crippen molar-refractivity contribution in [3.05, 3.63) is 66.0 Å². The first-order valence-electron chi connectivity index (χ1n) is 6.24. The van der Waals surface area contributed by atoms with Gasteiger partial charge in [-0.1, -0.05) is 42.5 Å². The highest BCUT2D eigenvalue weighted by molar-refractivity contribution is 5.52. The van der Waals surface area contributed by atoms with Gasteiger partial charge in [0.1, 0.15) is 0 Å². The van der Waals surface area contributed by atoms with E-state index in [0.717, 1.165) is 6.08 Å². The monoisotopic (exact) mass is 319 g/mol. The molecule has 0 saturated heterocycles. The van der Waals surface area contributed by atoms with Crippen LogP contribution in [0.5, 0.6) is 0 Å². The summed E-state index contributed by atoms with van der Waals surface area (Å²) in [5.41, 5.74) is -0.290. The molecule has 1 aliphatic carbocycles. The van der Waals surface area contributed by atoms with E-state index < -0.39 is 29.5 Å². The molecule has 0 bridgehead atoms. The number of hydrogen-bond donors (Lipinski definition) is 1. The molecule has 118 valence electrons. The van der Waals surface area contributed by atoms with Gasteiger partial charge in [0.25, 0.3) is 0 Å².